The van der Waals surface area contributed by atoms with E-state index in [1.165, 1.54) is 12.4 Å². The predicted octanol–water partition coefficient (Wildman–Crippen LogP) is 0.542. The van der Waals surface area contributed by atoms with Gasteiger partial charge in [0.05, 0.1) is 31.6 Å². The SMILES string of the molecule is Cc1c(Oc2cnc(C(=O)NC(CO)C(C)C)cn2)ccc2c1B(O)OC2. The zero-order chi connectivity index (χ0) is 19.6. The number of rotatable bonds is 6. The van der Waals surface area contributed by atoms with Crippen molar-refractivity contribution in [3.05, 3.63) is 41.3 Å². The Labute approximate surface area is 157 Å². The van der Waals surface area contributed by atoms with Crippen molar-refractivity contribution < 1.29 is 24.3 Å². The van der Waals surface area contributed by atoms with Gasteiger partial charge in [0, 0.05) is 0 Å². The van der Waals surface area contributed by atoms with Crippen molar-refractivity contribution in [3.63, 3.8) is 0 Å². The Balaban J connectivity index is 1.72. The molecule has 1 unspecified atom stereocenters. The van der Waals surface area contributed by atoms with Crippen LogP contribution in [0.15, 0.2) is 24.5 Å². The summed E-state index contributed by atoms with van der Waals surface area (Å²) in [7, 11) is -0.957. The normalized spacial score (nSPS) is 14.2. The molecule has 3 rings (SSSR count). The van der Waals surface area contributed by atoms with Crippen molar-refractivity contribution in [3.8, 4) is 11.6 Å². The number of hydrogen-bond donors (Lipinski definition) is 3. The molecule has 142 valence electrons. The van der Waals surface area contributed by atoms with E-state index in [4.69, 9.17) is 9.39 Å². The van der Waals surface area contributed by atoms with Crippen LogP contribution in [0.3, 0.4) is 0 Å². The summed E-state index contributed by atoms with van der Waals surface area (Å²) in [6.07, 6.45) is 2.68. The van der Waals surface area contributed by atoms with Gasteiger partial charge < -0.3 is 24.8 Å². The van der Waals surface area contributed by atoms with Crippen LogP contribution in [0.5, 0.6) is 11.6 Å². The number of carbonyl (C=O) groups excluding carboxylic acids is 1. The van der Waals surface area contributed by atoms with Gasteiger partial charge in [-0.2, -0.15) is 0 Å². The molecule has 1 amide bonds. The van der Waals surface area contributed by atoms with Crippen LogP contribution in [0.1, 0.15) is 35.5 Å². The minimum absolute atomic E-state index is 0.0941. The Bertz CT molecular complexity index is 828. The minimum atomic E-state index is -0.957. The molecule has 2 aromatic rings. The number of aromatic nitrogens is 2. The van der Waals surface area contributed by atoms with E-state index in [0.29, 0.717) is 17.8 Å². The van der Waals surface area contributed by atoms with Crippen molar-refractivity contribution in [2.24, 2.45) is 5.92 Å². The molecule has 1 aromatic heterocycles. The molecular formula is C18H22BN3O5. The molecule has 0 fully saturated rings. The Hall–Kier alpha value is -2.49. The average Bonchev–Trinajstić information content (AvgIpc) is 3.03. The second kappa shape index (κ2) is 8.04. The molecule has 0 saturated heterocycles. The van der Waals surface area contributed by atoms with Gasteiger partial charge in [-0.15, -0.1) is 0 Å². The Morgan fingerprint density at radius 3 is 2.78 bits per heavy atom. The molecule has 1 aliphatic heterocycles. The van der Waals surface area contributed by atoms with Crippen molar-refractivity contribution in [1.82, 2.24) is 15.3 Å². The lowest BCUT2D eigenvalue weighted by molar-refractivity contribution is 0.0891. The summed E-state index contributed by atoms with van der Waals surface area (Å²) < 4.78 is 11.0. The van der Waals surface area contributed by atoms with E-state index in [0.717, 1.165) is 11.1 Å². The second-order valence-corrected chi connectivity index (χ2v) is 6.77. The molecule has 2 heterocycles. The molecule has 8 nitrogen and oxygen atoms in total. The monoisotopic (exact) mass is 371 g/mol. The quantitative estimate of drug-likeness (QED) is 0.635. The highest BCUT2D eigenvalue weighted by Gasteiger charge is 2.30. The fourth-order valence-corrected chi connectivity index (χ4v) is 2.86. The lowest BCUT2D eigenvalue weighted by atomic mass is 9.76. The first-order valence-corrected chi connectivity index (χ1v) is 8.74. The summed E-state index contributed by atoms with van der Waals surface area (Å²) in [5, 5.41) is 21.9. The number of benzene rings is 1. The van der Waals surface area contributed by atoms with Crippen LogP contribution in [0.25, 0.3) is 0 Å². The fourth-order valence-electron chi connectivity index (χ4n) is 2.86. The molecule has 1 atom stereocenters. The van der Waals surface area contributed by atoms with Crippen LogP contribution in [0.2, 0.25) is 0 Å². The molecular weight excluding hydrogens is 349 g/mol. The van der Waals surface area contributed by atoms with E-state index in [9.17, 15) is 14.9 Å². The number of aliphatic hydroxyl groups is 1. The Morgan fingerprint density at radius 1 is 1.37 bits per heavy atom. The highest BCUT2D eigenvalue weighted by atomic mass is 16.5. The second-order valence-electron chi connectivity index (χ2n) is 6.77. The van der Waals surface area contributed by atoms with Crippen LogP contribution in [-0.2, 0) is 11.3 Å². The van der Waals surface area contributed by atoms with Gasteiger partial charge in [-0.3, -0.25) is 4.79 Å². The highest BCUT2D eigenvalue weighted by Crippen LogP contribution is 2.25. The maximum atomic E-state index is 12.2. The van der Waals surface area contributed by atoms with Gasteiger partial charge in [0.15, 0.2) is 0 Å². The molecule has 0 saturated carbocycles. The summed E-state index contributed by atoms with van der Waals surface area (Å²) >= 11 is 0. The zero-order valence-electron chi connectivity index (χ0n) is 15.5. The minimum Gasteiger partial charge on any atom is -0.437 e. The van der Waals surface area contributed by atoms with E-state index in [-0.39, 0.29) is 30.1 Å². The summed E-state index contributed by atoms with van der Waals surface area (Å²) in [6.45, 7) is 5.87. The van der Waals surface area contributed by atoms with Crippen LogP contribution in [0, 0.1) is 12.8 Å². The first kappa shape index (κ1) is 19.3. The van der Waals surface area contributed by atoms with Crippen LogP contribution >= 0.6 is 0 Å². The van der Waals surface area contributed by atoms with Crippen molar-refractivity contribution in [2.45, 2.75) is 33.4 Å². The van der Waals surface area contributed by atoms with Gasteiger partial charge in [-0.25, -0.2) is 9.97 Å². The molecule has 27 heavy (non-hydrogen) atoms. The van der Waals surface area contributed by atoms with Gasteiger partial charge in [0.25, 0.3) is 5.91 Å². The van der Waals surface area contributed by atoms with E-state index < -0.39 is 13.0 Å². The van der Waals surface area contributed by atoms with Crippen LogP contribution in [0.4, 0.5) is 0 Å². The van der Waals surface area contributed by atoms with Gasteiger partial charge in [-0.05, 0) is 35.5 Å². The first-order valence-electron chi connectivity index (χ1n) is 8.74. The maximum Gasteiger partial charge on any atom is 0.492 e. The molecule has 1 aromatic carbocycles. The predicted molar refractivity (Wildman–Crippen MR) is 98.9 cm³/mol. The Kier molecular flexibility index (Phi) is 5.74. The maximum absolute atomic E-state index is 12.2. The lowest BCUT2D eigenvalue weighted by Crippen LogP contribution is -2.41. The van der Waals surface area contributed by atoms with Gasteiger partial charge in [0.1, 0.15) is 11.4 Å². The number of nitrogens with one attached hydrogen (secondary N) is 1. The molecule has 0 bridgehead atoms. The fraction of sp³-hybridized carbons (Fsp3) is 0.389. The average molecular weight is 371 g/mol. The van der Waals surface area contributed by atoms with E-state index in [2.05, 4.69) is 15.3 Å². The first-order chi connectivity index (χ1) is 12.9. The summed E-state index contributed by atoms with van der Waals surface area (Å²) in [5.74, 6) is 0.447. The summed E-state index contributed by atoms with van der Waals surface area (Å²) in [6, 6.07) is 3.27. The standard InChI is InChI=1S/C18H22BN3O5/c1-10(2)14(8-23)22-18(24)13-6-21-16(7-20-13)27-15-5-4-12-9-26-19(25)17(12)11(15)3/h4-7,10,14,23,25H,8-9H2,1-3H3,(H,22,24). The number of aliphatic hydroxyl groups excluding tert-OH is 1. The number of ether oxygens (including phenoxy) is 1. The van der Waals surface area contributed by atoms with Crippen molar-refractivity contribution in [2.75, 3.05) is 6.61 Å². The van der Waals surface area contributed by atoms with E-state index in [1.807, 2.05) is 26.8 Å². The molecule has 0 aliphatic carbocycles. The molecule has 1 aliphatic rings. The zero-order valence-corrected chi connectivity index (χ0v) is 15.5. The molecule has 0 radical (unpaired) electrons. The molecule has 3 N–H and O–H groups in total. The van der Waals surface area contributed by atoms with E-state index in [1.54, 1.807) is 6.07 Å². The number of carbonyl (C=O) groups is 1. The van der Waals surface area contributed by atoms with Gasteiger partial charge in [-0.1, -0.05) is 19.9 Å². The summed E-state index contributed by atoms with van der Waals surface area (Å²) in [4.78, 5) is 20.4. The highest BCUT2D eigenvalue weighted by molar-refractivity contribution is 6.62. The van der Waals surface area contributed by atoms with E-state index >= 15 is 0 Å². The van der Waals surface area contributed by atoms with Crippen molar-refractivity contribution in [1.29, 1.82) is 0 Å². The van der Waals surface area contributed by atoms with Crippen LogP contribution < -0.4 is 15.5 Å². The summed E-state index contributed by atoms with van der Waals surface area (Å²) in [5.41, 5.74) is 2.54. The third-order valence-corrected chi connectivity index (χ3v) is 4.59. The third-order valence-electron chi connectivity index (χ3n) is 4.59. The number of nitrogens with zero attached hydrogens (tertiary/aromatic N) is 2. The third kappa shape index (κ3) is 4.10. The van der Waals surface area contributed by atoms with Crippen molar-refractivity contribution >= 4 is 18.5 Å². The number of fused-ring (bicyclic) bond motifs is 1. The Morgan fingerprint density at radius 2 is 2.15 bits per heavy atom. The number of amides is 1. The topological polar surface area (TPSA) is 114 Å². The lowest BCUT2D eigenvalue weighted by Gasteiger charge is -2.19. The molecule has 0 spiro atoms. The number of hydrogen-bond acceptors (Lipinski definition) is 7. The van der Waals surface area contributed by atoms with Crippen LogP contribution in [-0.4, -0.2) is 45.8 Å². The largest absolute Gasteiger partial charge is 0.492 e. The molecule has 9 heteroatoms. The smallest absolute Gasteiger partial charge is 0.437 e. The van der Waals surface area contributed by atoms with Gasteiger partial charge in [0.2, 0.25) is 5.88 Å². The van der Waals surface area contributed by atoms with Gasteiger partial charge >= 0.3 is 7.12 Å².